The van der Waals surface area contributed by atoms with Crippen LogP contribution >= 0.6 is 0 Å². The zero-order valence-electron chi connectivity index (χ0n) is 16.5. The van der Waals surface area contributed by atoms with Gasteiger partial charge in [-0.3, -0.25) is 14.4 Å². The first kappa shape index (κ1) is 20.6. The van der Waals surface area contributed by atoms with Gasteiger partial charge in [-0.2, -0.15) is 0 Å². The average Bonchev–Trinajstić information content (AvgIpc) is 2.78. The lowest BCUT2D eigenvalue weighted by molar-refractivity contribution is 0.0999. The first-order chi connectivity index (χ1) is 14.4. The van der Waals surface area contributed by atoms with Crippen molar-refractivity contribution in [3.63, 3.8) is 0 Å². The normalized spacial score (nSPS) is 10.2. The number of nitrogens with two attached hydrogens (primary N) is 1. The van der Waals surface area contributed by atoms with Gasteiger partial charge in [0.25, 0.3) is 11.8 Å². The van der Waals surface area contributed by atoms with Crippen molar-refractivity contribution in [2.45, 2.75) is 0 Å². The number of carbonyl (C=O) groups excluding carboxylic acids is 3. The van der Waals surface area contributed by atoms with Gasteiger partial charge in [-0.15, -0.1) is 0 Å². The molecule has 0 bridgehead atoms. The second-order valence-electron chi connectivity index (χ2n) is 6.37. The molecule has 3 aromatic carbocycles. The molecule has 0 aromatic heterocycles. The summed E-state index contributed by atoms with van der Waals surface area (Å²) < 4.78 is 10.4. The van der Waals surface area contributed by atoms with Gasteiger partial charge in [-0.25, -0.2) is 0 Å². The smallest absolute Gasteiger partial charge is 0.255 e. The number of para-hydroxylation sites is 1. The van der Waals surface area contributed by atoms with Gasteiger partial charge >= 0.3 is 0 Å². The van der Waals surface area contributed by atoms with Crippen molar-refractivity contribution in [3.05, 3.63) is 89.0 Å². The number of anilines is 1. The Morgan fingerprint density at radius 2 is 1.33 bits per heavy atom. The molecule has 7 heteroatoms. The van der Waals surface area contributed by atoms with Crippen LogP contribution in [0, 0.1) is 0 Å². The van der Waals surface area contributed by atoms with Crippen LogP contribution in [0.3, 0.4) is 0 Å². The van der Waals surface area contributed by atoms with Crippen LogP contribution in [0.2, 0.25) is 0 Å². The number of methoxy groups -OCH3 is 2. The highest BCUT2D eigenvalue weighted by Crippen LogP contribution is 2.24. The third-order valence-corrected chi connectivity index (χ3v) is 4.46. The molecule has 152 valence electrons. The number of benzene rings is 3. The third-order valence-electron chi connectivity index (χ3n) is 4.46. The van der Waals surface area contributed by atoms with Gasteiger partial charge in [0.2, 0.25) is 0 Å². The Kier molecular flexibility index (Phi) is 6.12. The molecule has 3 rings (SSSR count). The number of carbonyl (C=O) groups is 3. The highest BCUT2D eigenvalue weighted by atomic mass is 16.5. The summed E-state index contributed by atoms with van der Waals surface area (Å²) in [4.78, 5) is 36.8. The van der Waals surface area contributed by atoms with E-state index in [2.05, 4.69) is 5.32 Å². The van der Waals surface area contributed by atoms with Gasteiger partial charge in [-0.1, -0.05) is 24.3 Å². The Balaban J connectivity index is 1.80. The first-order valence-electron chi connectivity index (χ1n) is 9.01. The number of nitrogens with one attached hydrogen (secondary N) is 1. The van der Waals surface area contributed by atoms with E-state index in [4.69, 9.17) is 15.2 Å². The number of amides is 2. The number of primary amides is 1. The summed E-state index contributed by atoms with van der Waals surface area (Å²) in [6, 6.07) is 17.6. The maximum atomic E-state index is 12.8. The lowest BCUT2D eigenvalue weighted by Gasteiger charge is -2.10. The molecule has 3 N–H and O–H groups in total. The van der Waals surface area contributed by atoms with Crippen LogP contribution in [0.15, 0.2) is 66.7 Å². The van der Waals surface area contributed by atoms with E-state index in [0.717, 1.165) is 0 Å². The van der Waals surface area contributed by atoms with Gasteiger partial charge in [0, 0.05) is 22.8 Å². The SMILES string of the molecule is COc1cc(OC)cc(C(=O)c2ccc(C(=O)Nc3ccccc3C(N)=O)cc2)c1. The van der Waals surface area contributed by atoms with E-state index < -0.39 is 11.8 Å². The number of ketones is 1. The molecule has 0 aliphatic rings. The minimum atomic E-state index is -0.638. The fraction of sp³-hybridized carbons (Fsp3) is 0.0870. The average molecular weight is 404 g/mol. The molecule has 2 amide bonds. The summed E-state index contributed by atoms with van der Waals surface area (Å²) in [5.74, 6) is -0.298. The maximum absolute atomic E-state index is 12.8. The quantitative estimate of drug-likeness (QED) is 0.588. The van der Waals surface area contributed by atoms with Crippen molar-refractivity contribution in [1.29, 1.82) is 0 Å². The summed E-state index contributed by atoms with van der Waals surface area (Å²) in [5, 5.41) is 2.66. The Labute approximate surface area is 173 Å². The van der Waals surface area contributed by atoms with Crippen molar-refractivity contribution in [1.82, 2.24) is 0 Å². The molecule has 0 aliphatic carbocycles. The van der Waals surface area contributed by atoms with E-state index in [9.17, 15) is 14.4 Å². The molecule has 3 aromatic rings. The van der Waals surface area contributed by atoms with Crippen molar-refractivity contribution >= 4 is 23.3 Å². The Morgan fingerprint density at radius 3 is 1.90 bits per heavy atom. The molecule has 0 heterocycles. The standard InChI is InChI=1S/C23H20N2O5/c1-29-17-11-16(12-18(13-17)30-2)21(26)14-7-9-15(10-8-14)23(28)25-20-6-4-3-5-19(20)22(24)27/h3-13H,1-2H3,(H2,24,27)(H,25,28). The maximum Gasteiger partial charge on any atom is 0.255 e. The van der Waals surface area contributed by atoms with Crippen molar-refractivity contribution in [2.24, 2.45) is 5.73 Å². The molecule has 30 heavy (non-hydrogen) atoms. The Bertz CT molecular complexity index is 1080. The molecule has 0 atom stereocenters. The van der Waals surface area contributed by atoms with Crippen molar-refractivity contribution in [2.75, 3.05) is 19.5 Å². The van der Waals surface area contributed by atoms with E-state index in [0.29, 0.717) is 33.9 Å². The number of rotatable bonds is 7. The third kappa shape index (κ3) is 4.47. The number of hydrogen-bond acceptors (Lipinski definition) is 5. The molecule has 0 unspecified atom stereocenters. The van der Waals surface area contributed by atoms with Crippen molar-refractivity contribution < 1.29 is 23.9 Å². The van der Waals surface area contributed by atoms with Crippen LogP contribution in [-0.4, -0.2) is 31.8 Å². The van der Waals surface area contributed by atoms with Crippen LogP contribution in [-0.2, 0) is 0 Å². The Hall–Kier alpha value is -4.13. The summed E-state index contributed by atoms with van der Waals surface area (Å²) >= 11 is 0. The van der Waals surface area contributed by atoms with Gasteiger partial charge < -0.3 is 20.5 Å². The minimum Gasteiger partial charge on any atom is -0.497 e. The molecule has 7 nitrogen and oxygen atoms in total. The zero-order chi connectivity index (χ0) is 21.7. The predicted octanol–water partition coefficient (Wildman–Crippen LogP) is 3.29. The fourth-order valence-electron chi connectivity index (χ4n) is 2.88. The molecular formula is C23H20N2O5. The topological polar surface area (TPSA) is 108 Å². The summed E-state index contributed by atoms with van der Waals surface area (Å²) in [6.45, 7) is 0. The van der Waals surface area contributed by atoms with Gasteiger partial charge in [0.15, 0.2) is 5.78 Å². The Morgan fingerprint density at radius 1 is 0.767 bits per heavy atom. The van der Waals surface area contributed by atoms with Gasteiger partial charge in [0.1, 0.15) is 11.5 Å². The summed E-state index contributed by atoms with van der Waals surface area (Å²) in [6.07, 6.45) is 0. The molecule has 0 saturated carbocycles. The van der Waals surface area contributed by atoms with Crippen LogP contribution in [0.25, 0.3) is 0 Å². The van der Waals surface area contributed by atoms with Gasteiger partial charge in [-0.05, 0) is 36.4 Å². The van der Waals surface area contributed by atoms with Crippen LogP contribution in [0.1, 0.15) is 36.6 Å². The number of ether oxygens (including phenoxy) is 2. The largest absolute Gasteiger partial charge is 0.497 e. The lowest BCUT2D eigenvalue weighted by Crippen LogP contribution is -2.18. The molecule has 0 saturated heterocycles. The van der Waals surface area contributed by atoms with E-state index >= 15 is 0 Å². The molecule has 0 radical (unpaired) electrons. The highest BCUT2D eigenvalue weighted by Gasteiger charge is 2.15. The predicted molar refractivity (Wildman–Crippen MR) is 112 cm³/mol. The molecular weight excluding hydrogens is 384 g/mol. The first-order valence-corrected chi connectivity index (χ1v) is 9.01. The van der Waals surface area contributed by atoms with E-state index in [-0.39, 0.29) is 11.3 Å². The molecule has 0 fully saturated rings. The molecule has 0 aliphatic heterocycles. The summed E-state index contributed by atoms with van der Waals surface area (Å²) in [7, 11) is 3.01. The van der Waals surface area contributed by atoms with Crippen LogP contribution < -0.4 is 20.5 Å². The summed E-state index contributed by atoms with van der Waals surface area (Å²) in [5.41, 5.74) is 7.00. The zero-order valence-corrected chi connectivity index (χ0v) is 16.5. The highest BCUT2D eigenvalue weighted by molar-refractivity contribution is 6.11. The number of hydrogen-bond donors (Lipinski definition) is 2. The van der Waals surface area contributed by atoms with Gasteiger partial charge in [0.05, 0.1) is 25.5 Å². The second-order valence-corrected chi connectivity index (χ2v) is 6.37. The van der Waals surface area contributed by atoms with Crippen molar-refractivity contribution in [3.8, 4) is 11.5 Å². The second kappa shape index (κ2) is 8.91. The monoisotopic (exact) mass is 404 g/mol. The van der Waals surface area contributed by atoms with E-state index in [1.54, 1.807) is 48.5 Å². The lowest BCUT2D eigenvalue weighted by atomic mass is 10.0. The van der Waals surface area contributed by atoms with Crippen LogP contribution in [0.5, 0.6) is 11.5 Å². The minimum absolute atomic E-state index is 0.213. The van der Waals surface area contributed by atoms with E-state index in [1.165, 1.54) is 32.4 Å². The van der Waals surface area contributed by atoms with Crippen LogP contribution in [0.4, 0.5) is 5.69 Å². The van der Waals surface area contributed by atoms with E-state index in [1.807, 2.05) is 0 Å². The molecule has 0 spiro atoms. The fourth-order valence-corrected chi connectivity index (χ4v) is 2.88.